The molecular formula is C20H38N2O8. The van der Waals surface area contributed by atoms with Crippen LogP contribution in [0, 0.1) is 0 Å². The van der Waals surface area contributed by atoms with Gasteiger partial charge < -0.3 is 29.6 Å². The van der Waals surface area contributed by atoms with E-state index in [-0.39, 0.29) is 26.4 Å². The van der Waals surface area contributed by atoms with Crippen LogP contribution in [0.4, 0.5) is 9.59 Å². The summed E-state index contributed by atoms with van der Waals surface area (Å²) in [5.74, 6) is -0.971. The zero-order chi connectivity index (χ0) is 24.5. The van der Waals surface area contributed by atoms with E-state index in [1.165, 1.54) is 14.1 Å². The number of carbonyl (C=O) groups excluding carboxylic acids is 4. The number of hydrogen-bond donors (Lipinski definition) is 2. The standard InChI is InChI=1S/2C8H13NO4.2C2H6/c2*1-6(2)7(10)12-4-5-13-8(11)9-3;2*1-2/h2*1,4-5H2,2-3H3,(H,9,11);2*1-2H3. The minimum atomic E-state index is -0.550. The number of ether oxygens (including phenoxy) is 4. The summed E-state index contributed by atoms with van der Waals surface area (Å²) in [6, 6.07) is 0. The number of amides is 2. The Balaban J connectivity index is -0.000000193. The van der Waals surface area contributed by atoms with Crippen molar-refractivity contribution in [3.63, 3.8) is 0 Å². The van der Waals surface area contributed by atoms with Crippen LogP contribution in [0.25, 0.3) is 0 Å². The number of carbonyl (C=O) groups is 4. The van der Waals surface area contributed by atoms with Gasteiger partial charge in [-0.2, -0.15) is 0 Å². The molecule has 0 aliphatic rings. The van der Waals surface area contributed by atoms with Crippen LogP contribution in [0.1, 0.15) is 41.5 Å². The van der Waals surface area contributed by atoms with E-state index in [1.807, 2.05) is 27.7 Å². The fourth-order valence-corrected chi connectivity index (χ4v) is 0.928. The summed E-state index contributed by atoms with van der Waals surface area (Å²) in [6.45, 7) is 18.0. The van der Waals surface area contributed by atoms with Crippen LogP contribution in [0.15, 0.2) is 24.3 Å². The molecule has 0 unspecified atom stereocenters. The highest BCUT2D eigenvalue weighted by molar-refractivity contribution is 5.87. The third kappa shape index (κ3) is 27.2. The fraction of sp³-hybridized carbons (Fsp3) is 0.600. The van der Waals surface area contributed by atoms with E-state index in [0.29, 0.717) is 11.1 Å². The molecule has 0 aromatic carbocycles. The number of esters is 2. The Labute approximate surface area is 180 Å². The Morgan fingerprint density at radius 3 is 1.03 bits per heavy atom. The fourth-order valence-electron chi connectivity index (χ4n) is 0.928. The van der Waals surface area contributed by atoms with Gasteiger partial charge in [0.25, 0.3) is 0 Å². The lowest BCUT2D eigenvalue weighted by Gasteiger charge is -2.04. The highest BCUT2D eigenvalue weighted by atomic mass is 16.6. The summed E-state index contributed by atoms with van der Waals surface area (Å²) in [6.07, 6.45) is -1.10. The summed E-state index contributed by atoms with van der Waals surface area (Å²) in [4.78, 5) is 42.6. The first-order valence-electron chi connectivity index (χ1n) is 9.49. The quantitative estimate of drug-likeness (QED) is 0.258. The number of nitrogens with one attached hydrogen (secondary N) is 2. The summed E-state index contributed by atoms with van der Waals surface area (Å²) in [5, 5.41) is 4.51. The zero-order valence-corrected chi connectivity index (χ0v) is 19.5. The van der Waals surface area contributed by atoms with Gasteiger partial charge in [-0.25, -0.2) is 19.2 Å². The molecule has 0 fully saturated rings. The highest BCUT2D eigenvalue weighted by Gasteiger charge is 2.04. The van der Waals surface area contributed by atoms with Gasteiger partial charge in [-0.05, 0) is 13.8 Å². The van der Waals surface area contributed by atoms with Gasteiger partial charge >= 0.3 is 24.1 Å². The first-order valence-corrected chi connectivity index (χ1v) is 9.49. The third-order valence-electron chi connectivity index (χ3n) is 2.20. The second-order valence-electron chi connectivity index (χ2n) is 4.60. The number of rotatable bonds is 8. The van der Waals surface area contributed by atoms with Crippen LogP contribution < -0.4 is 10.6 Å². The molecule has 0 aliphatic heterocycles. The predicted molar refractivity (Wildman–Crippen MR) is 115 cm³/mol. The molecule has 0 atom stereocenters. The van der Waals surface area contributed by atoms with Crippen molar-refractivity contribution in [2.45, 2.75) is 41.5 Å². The molecule has 10 heteroatoms. The Morgan fingerprint density at radius 2 is 0.833 bits per heavy atom. The van der Waals surface area contributed by atoms with Crippen LogP contribution in [0.3, 0.4) is 0 Å². The monoisotopic (exact) mass is 434 g/mol. The highest BCUT2D eigenvalue weighted by Crippen LogP contribution is 1.92. The maximum absolute atomic E-state index is 10.8. The Hall–Kier alpha value is -3.04. The van der Waals surface area contributed by atoms with E-state index >= 15 is 0 Å². The zero-order valence-electron chi connectivity index (χ0n) is 19.5. The van der Waals surface area contributed by atoms with Gasteiger partial charge in [0, 0.05) is 25.2 Å². The lowest BCUT2D eigenvalue weighted by molar-refractivity contribution is -0.140. The smallest absolute Gasteiger partial charge is 0.406 e. The Morgan fingerprint density at radius 1 is 0.600 bits per heavy atom. The minimum absolute atomic E-state index is 0.0404. The first-order chi connectivity index (χ1) is 14.1. The average molecular weight is 435 g/mol. The van der Waals surface area contributed by atoms with E-state index in [2.05, 4.69) is 42.7 Å². The Bertz CT molecular complexity index is 473. The van der Waals surface area contributed by atoms with Crippen LogP contribution in [-0.4, -0.2) is 64.6 Å². The normalized spacial score (nSPS) is 8.00. The summed E-state index contributed by atoms with van der Waals surface area (Å²) >= 11 is 0. The molecule has 0 rings (SSSR count). The molecule has 0 radical (unpaired) electrons. The van der Waals surface area contributed by atoms with Gasteiger partial charge in [0.1, 0.15) is 26.4 Å². The van der Waals surface area contributed by atoms with Crippen molar-refractivity contribution in [3.05, 3.63) is 24.3 Å². The molecule has 176 valence electrons. The Kier molecular flexibility index (Phi) is 29.8. The van der Waals surface area contributed by atoms with E-state index in [0.717, 1.165) is 0 Å². The molecule has 0 saturated carbocycles. The van der Waals surface area contributed by atoms with Crippen molar-refractivity contribution in [1.29, 1.82) is 0 Å². The third-order valence-corrected chi connectivity index (χ3v) is 2.20. The molecule has 2 amide bonds. The van der Waals surface area contributed by atoms with Crippen molar-refractivity contribution in [1.82, 2.24) is 10.6 Å². The second-order valence-corrected chi connectivity index (χ2v) is 4.60. The summed E-state index contributed by atoms with van der Waals surface area (Å²) in [7, 11) is 2.89. The minimum Gasteiger partial charge on any atom is -0.459 e. The molecule has 0 spiro atoms. The second kappa shape index (κ2) is 26.0. The van der Waals surface area contributed by atoms with Crippen molar-refractivity contribution < 1.29 is 38.1 Å². The van der Waals surface area contributed by atoms with E-state index < -0.39 is 24.1 Å². The SMILES string of the molecule is C=C(C)C(=O)OCCOC(=O)NC.C=C(C)C(=O)OCCOC(=O)NC.CC.CC. The van der Waals surface area contributed by atoms with Gasteiger partial charge in [-0.3, -0.25) is 0 Å². The lowest BCUT2D eigenvalue weighted by atomic mass is 10.4. The molecule has 0 bridgehead atoms. The van der Waals surface area contributed by atoms with E-state index in [4.69, 9.17) is 0 Å². The van der Waals surface area contributed by atoms with Gasteiger partial charge in [0.05, 0.1) is 0 Å². The summed E-state index contributed by atoms with van der Waals surface area (Å²) in [5.41, 5.74) is 0.639. The largest absolute Gasteiger partial charge is 0.459 e. The van der Waals surface area contributed by atoms with Crippen molar-refractivity contribution >= 4 is 24.1 Å². The van der Waals surface area contributed by atoms with E-state index in [9.17, 15) is 19.2 Å². The molecule has 30 heavy (non-hydrogen) atoms. The molecule has 10 nitrogen and oxygen atoms in total. The molecule has 0 aliphatic carbocycles. The predicted octanol–water partition coefficient (Wildman–Crippen LogP) is 2.98. The molecule has 0 heterocycles. The lowest BCUT2D eigenvalue weighted by Crippen LogP contribution is -2.22. The van der Waals surface area contributed by atoms with Gasteiger partial charge in [0.15, 0.2) is 0 Å². The summed E-state index contributed by atoms with van der Waals surface area (Å²) < 4.78 is 18.4. The first kappa shape index (κ1) is 34.5. The maximum atomic E-state index is 10.8. The van der Waals surface area contributed by atoms with Gasteiger partial charge in [-0.15, -0.1) is 0 Å². The van der Waals surface area contributed by atoms with E-state index in [1.54, 1.807) is 13.8 Å². The molecular weight excluding hydrogens is 396 g/mol. The topological polar surface area (TPSA) is 129 Å². The molecule has 0 aromatic heterocycles. The van der Waals surface area contributed by atoms with Crippen molar-refractivity contribution in [2.75, 3.05) is 40.5 Å². The maximum Gasteiger partial charge on any atom is 0.406 e. The molecule has 0 aromatic rings. The van der Waals surface area contributed by atoms with Crippen molar-refractivity contribution in [2.24, 2.45) is 0 Å². The number of alkyl carbamates (subject to hydrolysis) is 2. The van der Waals surface area contributed by atoms with Gasteiger partial charge in [-0.1, -0.05) is 40.9 Å². The molecule has 2 N–H and O–H groups in total. The average Bonchev–Trinajstić information content (AvgIpc) is 2.76. The van der Waals surface area contributed by atoms with Crippen LogP contribution in [0.5, 0.6) is 0 Å². The molecule has 0 saturated heterocycles. The van der Waals surface area contributed by atoms with Crippen LogP contribution in [0.2, 0.25) is 0 Å². The van der Waals surface area contributed by atoms with Crippen LogP contribution >= 0.6 is 0 Å². The van der Waals surface area contributed by atoms with Crippen LogP contribution in [-0.2, 0) is 28.5 Å². The number of hydrogen-bond acceptors (Lipinski definition) is 8. The van der Waals surface area contributed by atoms with Crippen molar-refractivity contribution in [3.8, 4) is 0 Å². The van der Waals surface area contributed by atoms with Gasteiger partial charge in [0.2, 0.25) is 0 Å².